The van der Waals surface area contributed by atoms with Crippen molar-refractivity contribution >= 4 is 5.91 Å². The molecule has 2 fully saturated rings. The van der Waals surface area contributed by atoms with E-state index < -0.39 is 6.17 Å². The van der Waals surface area contributed by atoms with Gasteiger partial charge in [-0.2, -0.15) is 0 Å². The van der Waals surface area contributed by atoms with E-state index in [0.29, 0.717) is 43.4 Å². The predicted octanol–water partition coefficient (Wildman–Crippen LogP) is 4.08. The van der Waals surface area contributed by atoms with Crippen LogP contribution in [0.1, 0.15) is 56.1 Å². The molecule has 196 valence electrons. The van der Waals surface area contributed by atoms with Crippen LogP contribution in [0.5, 0.6) is 11.5 Å². The van der Waals surface area contributed by atoms with Gasteiger partial charge in [0.15, 0.2) is 11.5 Å². The normalized spacial score (nSPS) is 19.0. The smallest absolute Gasteiger partial charge is 0.219 e. The second-order valence-electron chi connectivity index (χ2n) is 10.0. The Morgan fingerprint density at radius 1 is 1.14 bits per heavy atom. The van der Waals surface area contributed by atoms with Crippen LogP contribution in [0.25, 0.3) is 0 Å². The topological polar surface area (TPSA) is 67.8 Å². The van der Waals surface area contributed by atoms with E-state index in [-0.39, 0.29) is 5.91 Å². The van der Waals surface area contributed by atoms with Crippen molar-refractivity contribution in [1.82, 2.24) is 19.8 Å². The maximum absolute atomic E-state index is 13.3. The van der Waals surface area contributed by atoms with Gasteiger partial charge in [-0.1, -0.05) is 6.07 Å². The number of carbonyl (C=O) groups excluding carboxylic acids is 1. The summed E-state index contributed by atoms with van der Waals surface area (Å²) < 4.78 is 24.9. The standard InChI is InChI=1S/C28H39FN4O3/c1-21(34)33-15-9-22(10-16-33)4-6-25-8-12-30-28(31-25)19-23-5-7-26(35-2)27(18-23)36-17-3-13-32-14-11-24(29)20-32/h5,7-8,12,18,22,24H,3-4,6,9-11,13-17,19-20H2,1-2H3/t24-/m0/s1. The molecular weight excluding hydrogens is 459 g/mol. The minimum absolute atomic E-state index is 0.180. The quantitative estimate of drug-likeness (QED) is 0.435. The zero-order valence-corrected chi connectivity index (χ0v) is 21.6. The fraction of sp³-hybridized carbons (Fsp3) is 0.607. The lowest BCUT2D eigenvalue weighted by Gasteiger charge is -2.31. The predicted molar refractivity (Wildman–Crippen MR) is 137 cm³/mol. The Labute approximate surface area is 214 Å². The number of ether oxygens (including phenoxy) is 2. The molecule has 4 rings (SSSR count). The molecule has 1 amide bonds. The van der Waals surface area contributed by atoms with Crippen LogP contribution in [0.15, 0.2) is 30.5 Å². The van der Waals surface area contributed by atoms with Crippen molar-refractivity contribution in [2.45, 2.75) is 58.0 Å². The molecule has 0 N–H and O–H groups in total. The first kappa shape index (κ1) is 26.3. The molecule has 0 saturated carbocycles. The molecular formula is C28H39FN4O3. The summed E-state index contributed by atoms with van der Waals surface area (Å²) in [6, 6.07) is 7.96. The van der Waals surface area contributed by atoms with Gasteiger partial charge in [0.2, 0.25) is 5.91 Å². The maximum atomic E-state index is 13.3. The molecule has 0 spiro atoms. The third kappa shape index (κ3) is 7.63. The summed E-state index contributed by atoms with van der Waals surface area (Å²) in [5, 5.41) is 0. The van der Waals surface area contributed by atoms with Crippen LogP contribution in [-0.4, -0.2) is 78.3 Å². The summed E-state index contributed by atoms with van der Waals surface area (Å²) in [6.45, 7) is 6.16. The highest BCUT2D eigenvalue weighted by Gasteiger charge is 2.22. The fourth-order valence-electron chi connectivity index (χ4n) is 5.14. The van der Waals surface area contributed by atoms with E-state index in [0.717, 1.165) is 75.4 Å². The van der Waals surface area contributed by atoms with Gasteiger partial charge in [-0.25, -0.2) is 14.4 Å². The van der Waals surface area contributed by atoms with Crippen molar-refractivity contribution in [2.75, 3.05) is 46.4 Å². The van der Waals surface area contributed by atoms with E-state index in [4.69, 9.17) is 14.5 Å². The minimum atomic E-state index is -0.686. The van der Waals surface area contributed by atoms with Crippen LogP contribution >= 0.6 is 0 Å². The molecule has 0 radical (unpaired) electrons. The molecule has 0 bridgehead atoms. The zero-order chi connectivity index (χ0) is 25.3. The lowest BCUT2D eigenvalue weighted by Crippen LogP contribution is -2.37. The molecule has 36 heavy (non-hydrogen) atoms. The van der Waals surface area contributed by atoms with Gasteiger partial charge in [0.1, 0.15) is 12.0 Å². The summed E-state index contributed by atoms with van der Waals surface area (Å²) >= 11 is 0. The van der Waals surface area contributed by atoms with E-state index in [1.807, 2.05) is 35.4 Å². The summed E-state index contributed by atoms with van der Waals surface area (Å²) in [4.78, 5) is 24.9. The van der Waals surface area contributed by atoms with Crippen molar-refractivity contribution in [3.05, 3.63) is 47.5 Å². The van der Waals surface area contributed by atoms with Gasteiger partial charge in [-0.3, -0.25) is 4.79 Å². The maximum Gasteiger partial charge on any atom is 0.219 e. The number of carbonyl (C=O) groups is 1. The van der Waals surface area contributed by atoms with Crippen molar-refractivity contribution < 1.29 is 18.7 Å². The molecule has 1 aromatic heterocycles. The monoisotopic (exact) mass is 498 g/mol. The first-order valence-electron chi connectivity index (χ1n) is 13.2. The summed E-state index contributed by atoms with van der Waals surface area (Å²) in [7, 11) is 1.64. The first-order chi connectivity index (χ1) is 17.5. The van der Waals surface area contributed by atoms with Gasteiger partial charge in [-0.05, 0) is 68.2 Å². The first-order valence-corrected chi connectivity index (χ1v) is 13.2. The van der Waals surface area contributed by atoms with E-state index in [1.165, 1.54) is 0 Å². The second-order valence-corrected chi connectivity index (χ2v) is 10.0. The number of aromatic nitrogens is 2. The minimum Gasteiger partial charge on any atom is -0.493 e. The number of alkyl halides is 1. The van der Waals surface area contributed by atoms with Crippen molar-refractivity contribution in [1.29, 1.82) is 0 Å². The Kier molecular flexibility index (Phi) is 9.50. The number of nitrogens with zero attached hydrogens (tertiary/aromatic N) is 4. The van der Waals surface area contributed by atoms with Crippen molar-refractivity contribution in [3.8, 4) is 11.5 Å². The van der Waals surface area contributed by atoms with E-state index in [1.54, 1.807) is 14.0 Å². The van der Waals surface area contributed by atoms with Gasteiger partial charge in [-0.15, -0.1) is 0 Å². The van der Waals surface area contributed by atoms with Crippen LogP contribution < -0.4 is 9.47 Å². The lowest BCUT2D eigenvalue weighted by molar-refractivity contribution is -0.130. The van der Waals surface area contributed by atoms with Crippen LogP contribution in [0.2, 0.25) is 0 Å². The molecule has 0 aliphatic carbocycles. The highest BCUT2D eigenvalue weighted by molar-refractivity contribution is 5.73. The Hall–Kier alpha value is -2.74. The number of hydrogen-bond acceptors (Lipinski definition) is 6. The number of amides is 1. The molecule has 1 atom stereocenters. The van der Waals surface area contributed by atoms with Crippen LogP contribution in [0.3, 0.4) is 0 Å². The third-order valence-electron chi connectivity index (χ3n) is 7.31. The van der Waals surface area contributed by atoms with E-state index in [2.05, 4.69) is 9.88 Å². The Balaban J connectivity index is 1.27. The van der Waals surface area contributed by atoms with Crippen LogP contribution in [0.4, 0.5) is 4.39 Å². The third-order valence-corrected chi connectivity index (χ3v) is 7.31. The summed E-state index contributed by atoms with van der Waals surface area (Å²) in [6.07, 6.45) is 7.42. The number of hydrogen-bond donors (Lipinski definition) is 0. The number of likely N-dealkylation sites (tertiary alicyclic amines) is 2. The molecule has 7 nitrogen and oxygen atoms in total. The van der Waals surface area contributed by atoms with Crippen LogP contribution in [-0.2, 0) is 17.6 Å². The average Bonchev–Trinajstić information content (AvgIpc) is 3.31. The van der Waals surface area contributed by atoms with E-state index >= 15 is 0 Å². The molecule has 2 saturated heterocycles. The molecule has 1 aromatic carbocycles. The molecule has 3 heterocycles. The molecule has 2 aliphatic rings. The Morgan fingerprint density at radius 2 is 1.97 bits per heavy atom. The molecule has 8 heteroatoms. The Bertz CT molecular complexity index is 997. The molecule has 0 unspecified atom stereocenters. The van der Waals surface area contributed by atoms with Gasteiger partial charge >= 0.3 is 0 Å². The number of methoxy groups -OCH3 is 1. The lowest BCUT2D eigenvalue weighted by atomic mass is 9.91. The largest absolute Gasteiger partial charge is 0.493 e. The average molecular weight is 499 g/mol. The van der Waals surface area contributed by atoms with Crippen molar-refractivity contribution in [2.24, 2.45) is 5.92 Å². The molecule has 2 aliphatic heterocycles. The van der Waals surface area contributed by atoms with Gasteiger partial charge < -0.3 is 19.3 Å². The van der Waals surface area contributed by atoms with Gasteiger partial charge in [0.05, 0.1) is 13.7 Å². The Morgan fingerprint density at radius 3 is 2.69 bits per heavy atom. The zero-order valence-electron chi connectivity index (χ0n) is 21.6. The number of piperidine rings is 1. The van der Waals surface area contributed by atoms with E-state index in [9.17, 15) is 9.18 Å². The fourth-order valence-corrected chi connectivity index (χ4v) is 5.14. The summed E-state index contributed by atoms with van der Waals surface area (Å²) in [5.41, 5.74) is 2.13. The summed E-state index contributed by atoms with van der Waals surface area (Å²) in [5.74, 6) is 3.04. The van der Waals surface area contributed by atoms with Gasteiger partial charge in [0, 0.05) is 58.0 Å². The second kappa shape index (κ2) is 13.0. The number of halogens is 1. The van der Waals surface area contributed by atoms with Crippen LogP contribution in [0, 0.1) is 5.92 Å². The number of aryl methyl sites for hydroxylation is 1. The number of rotatable bonds is 11. The highest BCUT2D eigenvalue weighted by Crippen LogP contribution is 2.29. The number of benzene rings is 1. The SMILES string of the molecule is COc1ccc(Cc2nccc(CCC3CCN(C(C)=O)CC3)n2)cc1OCCCN1CC[C@H](F)C1. The molecule has 2 aromatic rings. The van der Waals surface area contributed by atoms with Gasteiger partial charge in [0.25, 0.3) is 0 Å². The van der Waals surface area contributed by atoms with Crippen molar-refractivity contribution in [3.63, 3.8) is 0 Å². The highest BCUT2D eigenvalue weighted by atomic mass is 19.1.